The topological polar surface area (TPSA) is 18.5 Å². The van der Waals surface area contributed by atoms with E-state index in [-0.39, 0.29) is 0 Å². The van der Waals surface area contributed by atoms with Crippen molar-refractivity contribution in [2.45, 2.75) is 6.42 Å². The van der Waals surface area contributed by atoms with E-state index in [0.717, 1.165) is 30.9 Å². The molecule has 0 spiro atoms. The molecule has 0 radical (unpaired) electrons. The Bertz CT molecular complexity index is 785. The molecule has 0 saturated carbocycles. The summed E-state index contributed by atoms with van der Waals surface area (Å²) in [6, 6.07) is 29.5. The van der Waals surface area contributed by atoms with Crippen LogP contribution in [-0.4, -0.2) is 32.1 Å². The highest BCUT2D eigenvalue weighted by molar-refractivity contribution is 5.79. The van der Waals surface area contributed by atoms with Crippen LogP contribution >= 0.6 is 0 Å². The molecule has 3 rings (SSSR count). The largest absolute Gasteiger partial charge is 0.354 e. The van der Waals surface area contributed by atoms with Gasteiger partial charge in [-0.3, -0.25) is 0 Å². The Morgan fingerprint density at radius 2 is 1.31 bits per heavy atom. The third-order valence-electron chi connectivity index (χ3n) is 4.30. The Morgan fingerprint density at radius 1 is 0.692 bits per heavy atom. The van der Waals surface area contributed by atoms with E-state index in [4.69, 9.17) is 0 Å². The minimum Gasteiger partial charge on any atom is -0.354 e. The summed E-state index contributed by atoms with van der Waals surface area (Å²) in [5.41, 5.74) is 4.63. The van der Waals surface area contributed by atoms with Gasteiger partial charge in [-0.05, 0) is 63.5 Å². The lowest BCUT2D eigenvalue weighted by molar-refractivity contribution is 0.402. The minimum absolute atomic E-state index is 0.968. The third kappa shape index (κ3) is 4.87. The van der Waals surface area contributed by atoms with Crippen LogP contribution in [-0.2, 0) is 0 Å². The highest BCUT2D eigenvalue weighted by atomic mass is 15.2. The number of hydrogen-bond acceptors (Lipinski definition) is 3. The van der Waals surface area contributed by atoms with Gasteiger partial charge in [0.1, 0.15) is 0 Å². The Labute approximate surface area is 156 Å². The molecule has 0 atom stereocenters. The number of nitrogens with zero attached hydrogens (tertiary/aromatic N) is 2. The van der Waals surface area contributed by atoms with Crippen LogP contribution in [0.5, 0.6) is 0 Å². The predicted molar refractivity (Wildman–Crippen MR) is 113 cm³/mol. The van der Waals surface area contributed by atoms with Crippen molar-refractivity contribution in [3.8, 4) is 0 Å². The maximum Gasteiger partial charge on any atom is 0.0650 e. The molecule has 0 unspecified atom stereocenters. The molecule has 3 nitrogen and oxygen atoms in total. The van der Waals surface area contributed by atoms with Crippen molar-refractivity contribution < 1.29 is 0 Å². The first-order valence-corrected chi connectivity index (χ1v) is 9.12. The van der Waals surface area contributed by atoms with Crippen molar-refractivity contribution in [1.29, 1.82) is 0 Å². The highest BCUT2D eigenvalue weighted by Crippen LogP contribution is 2.33. The molecule has 0 fully saturated rings. The van der Waals surface area contributed by atoms with Crippen LogP contribution in [0, 0.1) is 0 Å². The zero-order chi connectivity index (χ0) is 18.2. The average Bonchev–Trinajstić information content (AvgIpc) is 2.67. The summed E-state index contributed by atoms with van der Waals surface area (Å²) in [7, 11) is 4.25. The average molecular weight is 345 g/mol. The van der Waals surface area contributed by atoms with Gasteiger partial charge in [0.2, 0.25) is 0 Å². The molecule has 26 heavy (non-hydrogen) atoms. The van der Waals surface area contributed by atoms with Gasteiger partial charge >= 0.3 is 0 Å². The second kappa shape index (κ2) is 9.07. The van der Waals surface area contributed by atoms with E-state index in [2.05, 4.69) is 108 Å². The fraction of sp³-hybridized carbons (Fsp3) is 0.217. The van der Waals surface area contributed by atoms with Gasteiger partial charge in [0.25, 0.3) is 0 Å². The van der Waals surface area contributed by atoms with Crippen molar-refractivity contribution >= 4 is 22.7 Å². The molecule has 3 aromatic rings. The summed E-state index contributed by atoms with van der Waals surface area (Å²) >= 11 is 0. The second-order valence-electron chi connectivity index (χ2n) is 6.65. The number of rotatable bonds is 8. The van der Waals surface area contributed by atoms with E-state index in [9.17, 15) is 0 Å². The van der Waals surface area contributed by atoms with Crippen molar-refractivity contribution in [3.05, 3.63) is 84.9 Å². The summed E-state index contributed by atoms with van der Waals surface area (Å²) in [4.78, 5) is 4.63. The number of anilines is 4. The van der Waals surface area contributed by atoms with E-state index in [1.165, 1.54) is 11.4 Å². The fourth-order valence-electron chi connectivity index (χ4n) is 3.03. The minimum atomic E-state index is 0.968. The van der Waals surface area contributed by atoms with E-state index in [1.54, 1.807) is 0 Å². The Hall–Kier alpha value is -2.78. The van der Waals surface area contributed by atoms with Gasteiger partial charge in [-0.15, -0.1) is 0 Å². The molecule has 0 aliphatic heterocycles. The molecule has 134 valence electrons. The van der Waals surface area contributed by atoms with E-state index < -0.39 is 0 Å². The Kier molecular flexibility index (Phi) is 6.29. The lowest BCUT2D eigenvalue weighted by Crippen LogP contribution is -2.23. The SMILES string of the molecule is CN(C)CCCN(c1ccccc1)c1ccccc1Nc1ccccc1. The number of para-hydroxylation sites is 4. The van der Waals surface area contributed by atoms with Gasteiger partial charge in [0.15, 0.2) is 0 Å². The molecular weight excluding hydrogens is 318 g/mol. The molecular formula is C23H27N3. The summed E-state index contributed by atoms with van der Waals surface area (Å²) < 4.78 is 0. The molecule has 0 aromatic heterocycles. The van der Waals surface area contributed by atoms with Gasteiger partial charge in [0, 0.05) is 17.9 Å². The molecule has 1 N–H and O–H groups in total. The van der Waals surface area contributed by atoms with Gasteiger partial charge in [0.05, 0.1) is 11.4 Å². The highest BCUT2D eigenvalue weighted by Gasteiger charge is 2.13. The first kappa shape index (κ1) is 18.0. The lowest BCUT2D eigenvalue weighted by Gasteiger charge is -2.28. The lowest BCUT2D eigenvalue weighted by atomic mass is 10.2. The van der Waals surface area contributed by atoms with E-state index >= 15 is 0 Å². The van der Waals surface area contributed by atoms with Crippen molar-refractivity contribution in [2.24, 2.45) is 0 Å². The zero-order valence-electron chi connectivity index (χ0n) is 15.6. The van der Waals surface area contributed by atoms with Crippen LogP contribution in [0.15, 0.2) is 84.9 Å². The molecule has 0 saturated heterocycles. The molecule has 0 bridgehead atoms. The van der Waals surface area contributed by atoms with Crippen molar-refractivity contribution in [1.82, 2.24) is 4.90 Å². The second-order valence-corrected chi connectivity index (χ2v) is 6.65. The monoisotopic (exact) mass is 345 g/mol. The smallest absolute Gasteiger partial charge is 0.0650 e. The quantitative estimate of drug-likeness (QED) is 0.580. The summed E-state index contributed by atoms with van der Waals surface area (Å²) in [6.07, 6.45) is 1.10. The normalized spacial score (nSPS) is 10.7. The summed E-state index contributed by atoms with van der Waals surface area (Å²) in [6.45, 7) is 2.04. The van der Waals surface area contributed by atoms with Gasteiger partial charge in [-0.1, -0.05) is 48.5 Å². The maximum atomic E-state index is 3.57. The molecule has 0 aliphatic carbocycles. The van der Waals surface area contributed by atoms with Gasteiger partial charge in [-0.2, -0.15) is 0 Å². The molecule has 0 heterocycles. The van der Waals surface area contributed by atoms with Crippen LogP contribution in [0.25, 0.3) is 0 Å². The maximum absolute atomic E-state index is 3.57. The predicted octanol–water partition coefficient (Wildman–Crippen LogP) is 5.52. The molecule has 0 amide bonds. The third-order valence-corrected chi connectivity index (χ3v) is 4.30. The molecule has 0 aliphatic rings. The fourth-order valence-corrected chi connectivity index (χ4v) is 3.03. The zero-order valence-corrected chi connectivity index (χ0v) is 15.6. The molecule has 3 aromatic carbocycles. The standard InChI is InChI=1S/C23H27N3/c1-25(2)18-11-19-26(21-14-7-4-8-15-21)23-17-10-9-16-22(23)24-20-12-5-3-6-13-20/h3-10,12-17,24H,11,18-19H2,1-2H3. The van der Waals surface area contributed by atoms with E-state index in [0.29, 0.717) is 0 Å². The van der Waals surface area contributed by atoms with Crippen LogP contribution in [0.2, 0.25) is 0 Å². The van der Waals surface area contributed by atoms with Crippen molar-refractivity contribution in [2.75, 3.05) is 37.4 Å². The Morgan fingerprint density at radius 3 is 2.00 bits per heavy atom. The van der Waals surface area contributed by atoms with Gasteiger partial charge < -0.3 is 15.1 Å². The van der Waals surface area contributed by atoms with Gasteiger partial charge in [-0.25, -0.2) is 0 Å². The van der Waals surface area contributed by atoms with Crippen LogP contribution in [0.1, 0.15) is 6.42 Å². The van der Waals surface area contributed by atoms with E-state index in [1.807, 2.05) is 6.07 Å². The number of hydrogen-bond donors (Lipinski definition) is 1. The summed E-state index contributed by atoms with van der Waals surface area (Å²) in [5.74, 6) is 0. The molecule has 3 heteroatoms. The van der Waals surface area contributed by atoms with Crippen LogP contribution in [0.4, 0.5) is 22.7 Å². The first-order chi connectivity index (χ1) is 12.7. The number of benzene rings is 3. The summed E-state index contributed by atoms with van der Waals surface area (Å²) in [5, 5.41) is 3.57. The first-order valence-electron chi connectivity index (χ1n) is 9.12. The Balaban J connectivity index is 1.90. The van der Waals surface area contributed by atoms with Crippen molar-refractivity contribution in [3.63, 3.8) is 0 Å². The van der Waals surface area contributed by atoms with Crippen LogP contribution in [0.3, 0.4) is 0 Å². The van der Waals surface area contributed by atoms with Crippen LogP contribution < -0.4 is 10.2 Å². The number of nitrogens with one attached hydrogen (secondary N) is 1.